The zero-order valence-corrected chi connectivity index (χ0v) is 16.0. The predicted molar refractivity (Wildman–Crippen MR) is 109 cm³/mol. The maximum atomic E-state index is 12.6. The van der Waals surface area contributed by atoms with E-state index in [0.717, 1.165) is 5.56 Å². The second-order valence-corrected chi connectivity index (χ2v) is 6.66. The highest BCUT2D eigenvalue weighted by molar-refractivity contribution is 6.08. The molecule has 0 aliphatic rings. The Morgan fingerprint density at radius 2 is 1.36 bits per heavy atom. The van der Waals surface area contributed by atoms with Crippen LogP contribution in [0.4, 0.5) is 0 Å². The van der Waals surface area contributed by atoms with Crippen molar-refractivity contribution in [1.82, 2.24) is 4.90 Å². The van der Waals surface area contributed by atoms with Gasteiger partial charge in [-0.05, 0) is 36.8 Å². The van der Waals surface area contributed by atoms with E-state index in [2.05, 4.69) is 0 Å². The van der Waals surface area contributed by atoms with E-state index in [1.807, 2.05) is 48.5 Å². The van der Waals surface area contributed by atoms with E-state index in [1.165, 1.54) is 0 Å². The number of benzene rings is 3. The molecule has 0 bridgehead atoms. The molecule has 0 spiro atoms. The molecule has 0 N–H and O–H groups in total. The van der Waals surface area contributed by atoms with Crippen molar-refractivity contribution in [2.45, 2.75) is 19.6 Å². The Labute approximate surface area is 165 Å². The third-order valence-corrected chi connectivity index (χ3v) is 4.45. The Bertz CT molecular complexity index is 921. The summed E-state index contributed by atoms with van der Waals surface area (Å²) in [5.74, 6) is 0.408. The van der Waals surface area contributed by atoms with Gasteiger partial charge in [-0.25, -0.2) is 0 Å². The molecule has 1 unspecified atom stereocenters. The van der Waals surface area contributed by atoms with Gasteiger partial charge in [0.05, 0.1) is 0 Å². The number of ether oxygens (including phenoxy) is 1. The fourth-order valence-electron chi connectivity index (χ4n) is 2.94. The van der Waals surface area contributed by atoms with Gasteiger partial charge in [0.25, 0.3) is 5.91 Å². The molecule has 0 radical (unpaired) electrons. The molecule has 1 atom stereocenters. The number of likely N-dealkylation sites (N-methyl/N-ethyl adjacent to an activating group) is 1. The van der Waals surface area contributed by atoms with E-state index in [0.29, 0.717) is 23.4 Å². The monoisotopic (exact) mass is 373 g/mol. The highest BCUT2D eigenvalue weighted by atomic mass is 16.5. The Balaban J connectivity index is 1.60. The Kier molecular flexibility index (Phi) is 6.22. The number of rotatable bonds is 7. The van der Waals surface area contributed by atoms with Gasteiger partial charge in [0.1, 0.15) is 5.75 Å². The number of hydrogen-bond acceptors (Lipinski definition) is 3. The van der Waals surface area contributed by atoms with Crippen LogP contribution in [0.1, 0.15) is 28.4 Å². The van der Waals surface area contributed by atoms with Crippen LogP contribution in [0, 0.1) is 0 Å². The molecular formula is C24H23NO3. The maximum Gasteiger partial charge on any atom is 0.263 e. The molecule has 3 rings (SSSR count). The molecule has 0 saturated carbocycles. The number of carbonyl (C=O) groups is 2. The van der Waals surface area contributed by atoms with E-state index in [4.69, 9.17) is 4.74 Å². The van der Waals surface area contributed by atoms with Crippen molar-refractivity contribution in [1.29, 1.82) is 0 Å². The van der Waals surface area contributed by atoms with Crippen LogP contribution in [0.15, 0.2) is 84.9 Å². The molecule has 4 nitrogen and oxygen atoms in total. The summed E-state index contributed by atoms with van der Waals surface area (Å²) in [5.41, 5.74) is 2.29. The van der Waals surface area contributed by atoms with Gasteiger partial charge >= 0.3 is 0 Å². The molecule has 142 valence electrons. The molecule has 0 aliphatic carbocycles. The summed E-state index contributed by atoms with van der Waals surface area (Å²) in [6, 6.07) is 25.8. The number of ketones is 1. The number of carbonyl (C=O) groups excluding carboxylic acids is 2. The van der Waals surface area contributed by atoms with Crippen LogP contribution in [0.5, 0.6) is 5.75 Å². The standard InChI is InChI=1S/C24H23NO3/c1-18(24(27)25(2)17-19-9-5-3-6-10-19)28-22-15-13-21(14-16-22)23(26)20-11-7-4-8-12-20/h3-16,18H,17H2,1-2H3. The molecule has 3 aromatic carbocycles. The van der Waals surface area contributed by atoms with E-state index in [-0.39, 0.29) is 11.7 Å². The summed E-state index contributed by atoms with van der Waals surface area (Å²) in [5, 5.41) is 0. The van der Waals surface area contributed by atoms with E-state index < -0.39 is 6.10 Å². The molecule has 1 amide bonds. The molecular weight excluding hydrogens is 350 g/mol. The number of nitrogens with zero attached hydrogens (tertiary/aromatic N) is 1. The van der Waals surface area contributed by atoms with Crippen LogP contribution in [0.3, 0.4) is 0 Å². The summed E-state index contributed by atoms with van der Waals surface area (Å²) in [6.07, 6.45) is -0.621. The van der Waals surface area contributed by atoms with Gasteiger partial charge in [0.2, 0.25) is 0 Å². The lowest BCUT2D eigenvalue weighted by Gasteiger charge is -2.22. The average Bonchev–Trinajstić information content (AvgIpc) is 2.74. The highest BCUT2D eigenvalue weighted by Gasteiger charge is 2.19. The zero-order chi connectivity index (χ0) is 19.9. The lowest BCUT2D eigenvalue weighted by molar-refractivity contribution is -0.137. The molecule has 4 heteroatoms. The Morgan fingerprint density at radius 1 is 0.821 bits per heavy atom. The predicted octanol–water partition coefficient (Wildman–Crippen LogP) is 4.34. The molecule has 0 aromatic heterocycles. The third kappa shape index (κ3) is 4.86. The smallest absolute Gasteiger partial charge is 0.263 e. The van der Waals surface area contributed by atoms with Crippen molar-refractivity contribution < 1.29 is 14.3 Å². The second-order valence-electron chi connectivity index (χ2n) is 6.66. The second kappa shape index (κ2) is 9.00. The van der Waals surface area contributed by atoms with Gasteiger partial charge in [0.15, 0.2) is 11.9 Å². The minimum atomic E-state index is -0.621. The first kappa shape index (κ1) is 19.4. The Hall–Kier alpha value is -3.40. The van der Waals surface area contributed by atoms with Crippen molar-refractivity contribution >= 4 is 11.7 Å². The number of hydrogen-bond donors (Lipinski definition) is 0. The van der Waals surface area contributed by atoms with Crippen LogP contribution < -0.4 is 4.74 Å². The third-order valence-electron chi connectivity index (χ3n) is 4.45. The highest BCUT2D eigenvalue weighted by Crippen LogP contribution is 2.17. The minimum absolute atomic E-state index is 0.0427. The van der Waals surface area contributed by atoms with Crippen LogP contribution in [-0.4, -0.2) is 29.7 Å². The van der Waals surface area contributed by atoms with Crippen LogP contribution in [0.25, 0.3) is 0 Å². The summed E-state index contributed by atoms with van der Waals surface area (Å²) in [6.45, 7) is 2.25. The fourth-order valence-corrected chi connectivity index (χ4v) is 2.94. The maximum absolute atomic E-state index is 12.6. The molecule has 0 aliphatic heterocycles. The normalized spacial score (nSPS) is 11.5. The zero-order valence-electron chi connectivity index (χ0n) is 16.0. The van der Waals surface area contributed by atoms with E-state index >= 15 is 0 Å². The summed E-state index contributed by atoms with van der Waals surface area (Å²) < 4.78 is 5.77. The van der Waals surface area contributed by atoms with Crippen molar-refractivity contribution in [2.75, 3.05) is 7.05 Å². The molecule has 3 aromatic rings. The first-order chi connectivity index (χ1) is 13.5. The van der Waals surface area contributed by atoms with Crippen LogP contribution in [0.2, 0.25) is 0 Å². The topological polar surface area (TPSA) is 46.6 Å². The average molecular weight is 373 g/mol. The van der Waals surface area contributed by atoms with Crippen molar-refractivity contribution in [3.63, 3.8) is 0 Å². The molecule has 0 heterocycles. The van der Waals surface area contributed by atoms with Crippen molar-refractivity contribution in [3.8, 4) is 5.75 Å². The van der Waals surface area contributed by atoms with E-state index in [9.17, 15) is 9.59 Å². The molecule has 0 saturated heterocycles. The van der Waals surface area contributed by atoms with Crippen LogP contribution in [-0.2, 0) is 11.3 Å². The first-order valence-corrected chi connectivity index (χ1v) is 9.20. The van der Waals surface area contributed by atoms with Gasteiger partial charge < -0.3 is 9.64 Å². The quantitative estimate of drug-likeness (QED) is 0.579. The Morgan fingerprint density at radius 3 is 1.96 bits per heavy atom. The summed E-state index contributed by atoms with van der Waals surface area (Å²) in [7, 11) is 1.76. The summed E-state index contributed by atoms with van der Waals surface area (Å²) in [4.78, 5) is 26.7. The van der Waals surface area contributed by atoms with Crippen molar-refractivity contribution in [2.24, 2.45) is 0 Å². The van der Waals surface area contributed by atoms with Crippen molar-refractivity contribution in [3.05, 3.63) is 102 Å². The van der Waals surface area contributed by atoms with Gasteiger partial charge in [0, 0.05) is 24.7 Å². The summed E-state index contributed by atoms with van der Waals surface area (Å²) >= 11 is 0. The minimum Gasteiger partial charge on any atom is -0.481 e. The number of amides is 1. The van der Waals surface area contributed by atoms with E-state index in [1.54, 1.807) is 55.3 Å². The molecule has 0 fully saturated rings. The van der Waals surface area contributed by atoms with Crippen LogP contribution >= 0.6 is 0 Å². The van der Waals surface area contributed by atoms with Gasteiger partial charge in [-0.2, -0.15) is 0 Å². The lowest BCUT2D eigenvalue weighted by atomic mass is 10.0. The lowest BCUT2D eigenvalue weighted by Crippen LogP contribution is -2.37. The fraction of sp³-hybridized carbons (Fsp3) is 0.167. The van der Waals surface area contributed by atoms with Gasteiger partial charge in [-0.15, -0.1) is 0 Å². The largest absolute Gasteiger partial charge is 0.481 e. The van der Waals surface area contributed by atoms with Gasteiger partial charge in [-0.3, -0.25) is 9.59 Å². The van der Waals surface area contributed by atoms with Gasteiger partial charge in [-0.1, -0.05) is 60.7 Å². The first-order valence-electron chi connectivity index (χ1n) is 9.20. The SMILES string of the molecule is CC(Oc1ccc(C(=O)c2ccccc2)cc1)C(=O)N(C)Cc1ccccc1. The molecule has 28 heavy (non-hydrogen) atoms.